The van der Waals surface area contributed by atoms with Gasteiger partial charge in [0.05, 0.1) is 11.2 Å². The van der Waals surface area contributed by atoms with Gasteiger partial charge in [0.25, 0.3) is 6.71 Å². The molecule has 3 aliphatic rings. The van der Waals surface area contributed by atoms with E-state index in [0.29, 0.717) is 11.6 Å². The molecule has 3 rings (SSSR count). The molecule has 0 aromatic heterocycles. The van der Waals surface area contributed by atoms with E-state index in [1.165, 1.54) is 11.9 Å². The van der Waals surface area contributed by atoms with Crippen LogP contribution in [0.15, 0.2) is 11.5 Å². The van der Waals surface area contributed by atoms with Crippen LogP contribution in [0.5, 0.6) is 0 Å². The molecule has 2 unspecified atom stereocenters. The SMILES string of the molecule is CC.CC1(C)OB(C2=CC3CCC(C2)B3C#N)OC1(C)C. The van der Waals surface area contributed by atoms with Crippen molar-refractivity contribution >= 4 is 13.8 Å². The Hall–Kier alpha value is -0.720. The van der Waals surface area contributed by atoms with E-state index in [9.17, 15) is 5.26 Å². The van der Waals surface area contributed by atoms with Gasteiger partial charge >= 0.3 is 7.12 Å². The predicted molar refractivity (Wildman–Crippen MR) is 88.2 cm³/mol. The Morgan fingerprint density at radius 1 is 1.14 bits per heavy atom. The molecule has 0 radical (unpaired) electrons. The highest BCUT2D eigenvalue weighted by molar-refractivity contribution is 6.72. The first kappa shape index (κ1) is 16.6. The van der Waals surface area contributed by atoms with Crippen LogP contribution in [0.1, 0.15) is 60.8 Å². The molecule has 0 saturated carbocycles. The van der Waals surface area contributed by atoms with E-state index in [2.05, 4.69) is 39.7 Å². The lowest BCUT2D eigenvalue weighted by atomic mass is 9.35. The molecule has 3 nitrogen and oxygen atoms in total. The van der Waals surface area contributed by atoms with Crippen molar-refractivity contribution in [3.8, 4) is 5.97 Å². The summed E-state index contributed by atoms with van der Waals surface area (Å²) >= 11 is 0. The molecule has 0 aromatic carbocycles. The van der Waals surface area contributed by atoms with Gasteiger partial charge in [-0.05, 0) is 51.2 Å². The molecular formula is C16H27B2NO2. The third-order valence-electron chi connectivity index (χ3n) is 5.47. The van der Waals surface area contributed by atoms with Crippen LogP contribution in [0.4, 0.5) is 0 Å². The summed E-state index contributed by atoms with van der Waals surface area (Å²) < 4.78 is 12.2. The molecule has 2 atom stereocenters. The zero-order valence-corrected chi connectivity index (χ0v) is 14.3. The second kappa shape index (κ2) is 5.82. The van der Waals surface area contributed by atoms with Gasteiger partial charge < -0.3 is 9.31 Å². The highest BCUT2D eigenvalue weighted by Crippen LogP contribution is 2.50. The van der Waals surface area contributed by atoms with Crippen LogP contribution in [-0.2, 0) is 9.31 Å². The van der Waals surface area contributed by atoms with Gasteiger partial charge in [-0.25, -0.2) is 5.26 Å². The van der Waals surface area contributed by atoms with Gasteiger partial charge in [0, 0.05) is 5.97 Å². The van der Waals surface area contributed by atoms with Crippen molar-refractivity contribution in [2.24, 2.45) is 0 Å². The molecule has 2 saturated heterocycles. The molecule has 0 N–H and O–H groups in total. The lowest BCUT2D eigenvalue weighted by molar-refractivity contribution is 0.00578. The summed E-state index contributed by atoms with van der Waals surface area (Å²) in [5.74, 6) is 3.41. The summed E-state index contributed by atoms with van der Waals surface area (Å²) in [6, 6.07) is 0. The van der Waals surface area contributed by atoms with Crippen molar-refractivity contribution < 1.29 is 9.31 Å². The number of hydrogen-bond donors (Lipinski definition) is 0. The molecule has 21 heavy (non-hydrogen) atoms. The molecule has 0 amide bonds. The Morgan fingerprint density at radius 3 is 2.19 bits per heavy atom. The van der Waals surface area contributed by atoms with Crippen LogP contribution in [0.2, 0.25) is 11.6 Å². The lowest BCUT2D eigenvalue weighted by Crippen LogP contribution is -2.41. The number of nitrogens with zero attached hydrogens (tertiary/aromatic N) is 1. The Morgan fingerprint density at radius 2 is 1.71 bits per heavy atom. The maximum atomic E-state index is 9.25. The van der Waals surface area contributed by atoms with Gasteiger partial charge in [-0.1, -0.05) is 32.8 Å². The number of nitriles is 1. The van der Waals surface area contributed by atoms with Gasteiger partial charge in [-0.15, -0.1) is 0 Å². The summed E-state index contributed by atoms with van der Waals surface area (Å²) in [5.41, 5.74) is 0.713. The fourth-order valence-corrected chi connectivity index (χ4v) is 3.55. The molecular weight excluding hydrogens is 260 g/mol. The van der Waals surface area contributed by atoms with Crippen molar-refractivity contribution in [3.05, 3.63) is 11.5 Å². The Bertz CT molecular complexity index is 451. The van der Waals surface area contributed by atoms with Crippen LogP contribution in [0, 0.1) is 11.2 Å². The number of rotatable bonds is 1. The molecule has 114 valence electrons. The van der Waals surface area contributed by atoms with Gasteiger partial charge in [0.2, 0.25) is 0 Å². The maximum Gasteiger partial charge on any atom is 0.490 e. The van der Waals surface area contributed by atoms with Gasteiger partial charge in [-0.2, -0.15) is 0 Å². The largest absolute Gasteiger partial charge is 0.490 e. The molecule has 2 fully saturated rings. The molecule has 5 heteroatoms. The van der Waals surface area contributed by atoms with Crippen LogP contribution >= 0.6 is 0 Å². The minimum Gasteiger partial charge on any atom is -0.400 e. The zero-order chi connectivity index (χ0) is 15.8. The predicted octanol–water partition coefficient (Wildman–Crippen LogP) is 4.07. The van der Waals surface area contributed by atoms with E-state index >= 15 is 0 Å². The van der Waals surface area contributed by atoms with E-state index in [0.717, 1.165) is 12.8 Å². The van der Waals surface area contributed by atoms with Gasteiger partial charge in [0.1, 0.15) is 0 Å². The van der Waals surface area contributed by atoms with Gasteiger partial charge in [-0.3, -0.25) is 0 Å². The summed E-state index contributed by atoms with van der Waals surface area (Å²) in [5, 5.41) is 9.25. The minimum absolute atomic E-state index is 0.214. The first-order valence-electron chi connectivity index (χ1n) is 8.30. The molecule has 0 spiro atoms. The first-order chi connectivity index (χ1) is 9.84. The minimum atomic E-state index is -0.274. The van der Waals surface area contributed by atoms with Crippen LogP contribution < -0.4 is 0 Å². The second-order valence-electron chi connectivity index (χ2n) is 7.19. The molecule has 2 bridgehead atoms. The zero-order valence-electron chi connectivity index (χ0n) is 14.3. The average molecular weight is 287 g/mol. The molecule has 3 aliphatic heterocycles. The first-order valence-corrected chi connectivity index (χ1v) is 8.30. The summed E-state index contributed by atoms with van der Waals surface area (Å²) in [6.07, 6.45) is 5.54. The topological polar surface area (TPSA) is 42.2 Å². The molecule has 0 aliphatic carbocycles. The smallest absolute Gasteiger partial charge is 0.400 e. The third-order valence-corrected chi connectivity index (χ3v) is 5.47. The summed E-state index contributed by atoms with van der Waals surface area (Å²) in [4.78, 5) is 0. The highest BCUT2D eigenvalue weighted by Gasteiger charge is 2.54. The van der Waals surface area contributed by atoms with Crippen molar-refractivity contribution in [2.75, 3.05) is 0 Å². The Labute approximate surface area is 130 Å². The van der Waals surface area contributed by atoms with E-state index < -0.39 is 0 Å². The van der Waals surface area contributed by atoms with E-state index in [1.54, 1.807) is 0 Å². The number of fused-ring (bicyclic) bond motifs is 2. The third kappa shape index (κ3) is 2.81. The van der Waals surface area contributed by atoms with Gasteiger partial charge in [0.15, 0.2) is 0 Å². The summed E-state index contributed by atoms with van der Waals surface area (Å²) in [7, 11) is -0.215. The number of allylic oxidation sites excluding steroid dienone is 2. The highest BCUT2D eigenvalue weighted by atomic mass is 16.7. The van der Waals surface area contributed by atoms with Crippen molar-refractivity contribution in [1.29, 1.82) is 5.26 Å². The fourth-order valence-electron chi connectivity index (χ4n) is 3.55. The normalized spacial score (nSPS) is 32.1. The van der Waals surface area contributed by atoms with E-state index in [1.807, 2.05) is 13.8 Å². The Balaban J connectivity index is 0.000000774. The lowest BCUT2D eigenvalue weighted by Gasteiger charge is -2.32. The fraction of sp³-hybridized carbons (Fsp3) is 0.812. The van der Waals surface area contributed by atoms with Crippen molar-refractivity contribution in [1.82, 2.24) is 0 Å². The average Bonchev–Trinajstić information content (AvgIpc) is 2.80. The van der Waals surface area contributed by atoms with E-state index in [4.69, 9.17) is 9.31 Å². The van der Waals surface area contributed by atoms with Crippen LogP contribution in [0.25, 0.3) is 0 Å². The summed E-state index contributed by atoms with van der Waals surface area (Å²) in [6.45, 7) is 12.6. The Kier molecular flexibility index (Phi) is 4.61. The standard InChI is InChI=1S/C14H21B2NO2.C2H6/c1-13(2)14(3,4)19-16(18-13)12-7-10-5-6-11(8-12)15(10)9-17;1-2/h7,10-11H,5-6,8H2,1-4H3;1-2H3. The van der Waals surface area contributed by atoms with Crippen LogP contribution in [0.3, 0.4) is 0 Å². The molecule has 0 aromatic rings. The maximum absolute atomic E-state index is 9.25. The second-order valence-corrected chi connectivity index (χ2v) is 7.19. The molecule has 3 heterocycles. The van der Waals surface area contributed by atoms with Crippen LogP contribution in [-0.4, -0.2) is 25.0 Å². The van der Waals surface area contributed by atoms with Crippen molar-refractivity contribution in [3.63, 3.8) is 0 Å². The monoisotopic (exact) mass is 287 g/mol. The quantitative estimate of drug-likeness (QED) is 0.683. The van der Waals surface area contributed by atoms with E-state index in [-0.39, 0.29) is 25.0 Å². The number of hydrogen-bond acceptors (Lipinski definition) is 3. The van der Waals surface area contributed by atoms with Crippen molar-refractivity contribution in [2.45, 2.75) is 83.6 Å².